The van der Waals surface area contributed by atoms with Crippen molar-refractivity contribution in [1.82, 2.24) is 4.98 Å². The number of ether oxygens (including phenoxy) is 1. The van der Waals surface area contributed by atoms with Gasteiger partial charge in [-0.2, -0.15) is 0 Å². The summed E-state index contributed by atoms with van der Waals surface area (Å²) in [7, 11) is 0. The van der Waals surface area contributed by atoms with Crippen LogP contribution in [-0.4, -0.2) is 16.8 Å². The number of nitrogens with one attached hydrogen (secondary N) is 2. The molecule has 2 N–H and O–H groups in total. The van der Waals surface area contributed by atoms with Gasteiger partial charge in [0.2, 0.25) is 5.88 Å². The minimum Gasteiger partial charge on any atom is -0.437 e. The maximum Gasteiger partial charge on any atom is 0.323 e. The summed E-state index contributed by atoms with van der Waals surface area (Å²) in [5, 5.41) is 5.49. The monoisotopic (exact) mass is 403 g/mol. The Bertz CT molecular complexity index is 1070. The Morgan fingerprint density at radius 1 is 0.933 bits per heavy atom. The number of anilines is 2. The number of Topliss-reactive ketones (excluding diaryl/α,β-unsaturated/α-hetero) is 1. The maximum atomic E-state index is 12.5. The molecule has 0 atom stereocenters. The molecule has 1 aromatic heterocycles. The van der Waals surface area contributed by atoms with Crippen LogP contribution < -0.4 is 15.4 Å². The molecule has 0 fully saturated rings. The van der Waals surface area contributed by atoms with Crippen LogP contribution in [0.3, 0.4) is 0 Å². The Kier molecular flexibility index (Phi) is 6.16. The van der Waals surface area contributed by atoms with Crippen LogP contribution in [0, 0.1) is 0 Å². The summed E-state index contributed by atoms with van der Waals surface area (Å²) >= 11 is 0. The molecule has 30 heavy (non-hydrogen) atoms. The molecule has 0 aliphatic carbocycles. The fourth-order valence-corrected chi connectivity index (χ4v) is 2.95. The summed E-state index contributed by atoms with van der Waals surface area (Å²) in [6, 6.07) is 17.5. The second-order valence-electron chi connectivity index (χ2n) is 7.92. The van der Waals surface area contributed by atoms with Crippen LogP contribution in [-0.2, 0) is 5.41 Å². The van der Waals surface area contributed by atoms with Crippen molar-refractivity contribution >= 4 is 23.2 Å². The molecule has 0 aliphatic heterocycles. The maximum absolute atomic E-state index is 12.5. The van der Waals surface area contributed by atoms with Crippen LogP contribution >= 0.6 is 0 Å². The smallest absolute Gasteiger partial charge is 0.323 e. The Hall–Kier alpha value is -3.67. The van der Waals surface area contributed by atoms with E-state index in [0.29, 0.717) is 28.6 Å². The summed E-state index contributed by atoms with van der Waals surface area (Å²) in [6.07, 6.45) is 1.61. The van der Waals surface area contributed by atoms with E-state index in [1.807, 2.05) is 24.3 Å². The first-order chi connectivity index (χ1) is 14.2. The summed E-state index contributed by atoms with van der Waals surface area (Å²) < 4.78 is 6.07. The van der Waals surface area contributed by atoms with Crippen molar-refractivity contribution < 1.29 is 14.3 Å². The third kappa shape index (κ3) is 5.23. The minimum atomic E-state index is -0.461. The largest absolute Gasteiger partial charge is 0.437 e. The van der Waals surface area contributed by atoms with E-state index in [1.165, 1.54) is 6.92 Å². The van der Waals surface area contributed by atoms with Crippen molar-refractivity contribution in [1.29, 1.82) is 0 Å². The second-order valence-corrected chi connectivity index (χ2v) is 7.92. The summed E-state index contributed by atoms with van der Waals surface area (Å²) in [4.78, 5) is 28.3. The predicted octanol–water partition coefficient (Wildman–Crippen LogP) is 6.02. The number of hydrogen-bond acceptors (Lipinski definition) is 4. The van der Waals surface area contributed by atoms with Gasteiger partial charge in [-0.1, -0.05) is 51.1 Å². The number of urea groups is 1. The van der Waals surface area contributed by atoms with Crippen molar-refractivity contribution in [3.63, 3.8) is 0 Å². The van der Waals surface area contributed by atoms with Crippen LogP contribution in [0.2, 0.25) is 0 Å². The molecule has 0 radical (unpaired) electrons. The summed E-state index contributed by atoms with van der Waals surface area (Å²) in [6.45, 7) is 7.80. The number of pyridine rings is 1. The first kappa shape index (κ1) is 21.0. The number of para-hydroxylation sites is 1. The summed E-state index contributed by atoms with van der Waals surface area (Å²) in [5.41, 5.74) is 2.40. The van der Waals surface area contributed by atoms with Gasteiger partial charge in [0.25, 0.3) is 0 Å². The number of aromatic nitrogens is 1. The topological polar surface area (TPSA) is 80.3 Å². The van der Waals surface area contributed by atoms with Crippen LogP contribution in [0.4, 0.5) is 16.2 Å². The fourth-order valence-electron chi connectivity index (χ4n) is 2.95. The van der Waals surface area contributed by atoms with Gasteiger partial charge in [-0.3, -0.25) is 4.79 Å². The molecule has 3 rings (SSSR count). The van der Waals surface area contributed by atoms with Gasteiger partial charge in [0.05, 0.1) is 0 Å². The number of rotatable bonds is 5. The SMILES string of the molecule is CC(=O)c1cccc(NC(=O)Nc2cccnc2Oc2ccccc2C(C)(C)C)c1. The number of carbonyl (C=O) groups is 2. The minimum absolute atomic E-state index is 0.0699. The lowest BCUT2D eigenvalue weighted by Crippen LogP contribution is -2.20. The van der Waals surface area contributed by atoms with E-state index in [4.69, 9.17) is 4.74 Å². The lowest BCUT2D eigenvalue weighted by Gasteiger charge is -2.22. The summed E-state index contributed by atoms with van der Waals surface area (Å²) in [5.74, 6) is 0.905. The zero-order chi connectivity index (χ0) is 21.7. The molecule has 2 aromatic carbocycles. The van der Waals surface area contributed by atoms with E-state index < -0.39 is 6.03 Å². The number of amides is 2. The predicted molar refractivity (Wildman–Crippen MR) is 119 cm³/mol. The molecular weight excluding hydrogens is 378 g/mol. The van der Waals surface area contributed by atoms with Crippen molar-refractivity contribution in [3.05, 3.63) is 78.0 Å². The van der Waals surface area contributed by atoms with E-state index in [1.54, 1.807) is 42.6 Å². The van der Waals surface area contributed by atoms with Crippen molar-refractivity contribution in [3.8, 4) is 11.6 Å². The molecule has 0 aliphatic rings. The normalized spacial score (nSPS) is 10.9. The lowest BCUT2D eigenvalue weighted by molar-refractivity contribution is 0.101. The lowest BCUT2D eigenvalue weighted by atomic mass is 9.86. The van der Waals surface area contributed by atoms with Crippen molar-refractivity contribution in [2.24, 2.45) is 0 Å². The molecule has 0 saturated carbocycles. The van der Waals surface area contributed by atoms with E-state index >= 15 is 0 Å². The molecule has 3 aromatic rings. The highest BCUT2D eigenvalue weighted by atomic mass is 16.5. The Balaban J connectivity index is 1.79. The number of ketones is 1. The van der Waals surface area contributed by atoms with Gasteiger partial charge >= 0.3 is 6.03 Å². The van der Waals surface area contributed by atoms with Gasteiger partial charge < -0.3 is 15.4 Å². The molecule has 6 nitrogen and oxygen atoms in total. The average molecular weight is 403 g/mol. The molecule has 0 bridgehead atoms. The number of nitrogens with zero attached hydrogens (tertiary/aromatic N) is 1. The Labute approximate surface area is 176 Å². The fraction of sp³-hybridized carbons (Fsp3) is 0.208. The molecule has 0 spiro atoms. The van der Waals surface area contributed by atoms with Crippen molar-refractivity contribution in [2.45, 2.75) is 33.1 Å². The third-order valence-electron chi connectivity index (χ3n) is 4.45. The first-order valence-electron chi connectivity index (χ1n) is 9.65. The zero-order valence-corrected chi connectivity index (χ0v) is 17.5. The second kappa shape index (κ2) is 8.78. The van der Waals surface area contributed by atoms with Crippen molar-refractivity contribution in [2.75, 3.05) is 10.6 Å². The van der Waals surface area contributed by atoms with E-state index in [-0.39, 0.29) is 11.2 Å². The number of hydrogen-bond donors (Lipinski definition) is 2. The molecule has 6 heteroatoms. The Morgan fingerprint density at radius 2 is 1.70 bits per heavy atom. The van der Waals surface area contributed by atoms with Crippen LogP contribution in [0.5, 0.6) is 11.6 Å². The number of carbonyl (C=O) groups excluding carboxylic acids is 2. The third-order valence-corrected chi connectivity index (χ3v) is 4.45. The molecule has 2 amide bonds. The highest BCUT2D eigenvalue weighted by Gasteiger charge is 2.20. The average Bonchev–Trinajstić information content (AvgIpc) is 2.69. The number of benzene rings is 2. The van der Waals surface area contributed by atoms with Gasteiger partial charge in [0.15, 0.2) is 5.78 Å². The molecule has 154 valence electrons. The highest BCUT2D eigenvalue weighted by molar-refractivity contribution is 6.02. The quantitative estimate of drug-likeness (QED) is 0.511. The molecule has 1 heterocycles. The van der Waals surface area contributed by atoms with E-state index in [2.05, 4.69) is 36.4 Å². The highest BCUT2D eigenvalue weighted by Crippen LogP contribution is 2.35. The van der Waals surface area contributed by atoms with Gasteiger partial charge in [0.1, 0.15) is 11.4 Å². The van der Waals surface area contributed by atoms with Crippen LogP contribution in [0.1, 0.15) is 43.6 Å². The standard InChI is InChI=1S/C24H25N3O3/c1-16(28)17-9-7-10-18(15-17)26-23(29)27-20-12-8-14-25-22(20)30-21-13-6-5-11-19(21)24(2,3)4/h5-15H,1-4H3,(H2,26,27,29). The molecule has 0 unspecified atom stereocenters. The van der Waals surface area contributed by atoms with Gasteiger partial charge in [0, 0.05) is 23.0 Å². The van der Waals surface area contributed by atoms with Gasteiger partial charge in [-0.05, 0) is 42.7 Å². The van der Waals surface area contributed by atoms with E-state index in [9.17, 15) is 9.59 Å². The Morgan fingerprint density at radius 3 is 2.43 bits per heavy atom. The molecule has 0 saturated heterocycles. The van der Waals surface area contributed by atoms with Crippen LogP contribution in [0.25, 0.3) is 0 Å². The zero-order valence-electron chi connectivity index (χ0n) is 17.5. The van der Waals surface area contributed by atoms with Gasteiger partial charge in [-0.25, -0.2) is 9.78 Å². The molecular formula is C24H25N3O3. The van der Waals surface area contributed by atoms with Crippen LogP contribution in [0.15, 0.2) is 66.9 Å². The first-order valence-corrected chi connectivity index (χ1v) is 9.65. The van der Waals surface area contributed by atoms with E-state index in [0.717, 1.165) is 5.56 Å². The van der Waals surface area contributed by atoms with Gasteiger partial charge in [-0.15, -0.1) is 0 Å².